The van der Waals surface area contributed by atoms with Gasteiger partial charge in [0, 0.05) is 0 Å². The molecule has 1 aliphatic carbocycles. The molecule has 1 unspecified atom stereocenters. The maximum absolute atomic E-state index is 13.8. The first-order valence-electron chi connectivity index (χ1n) is 4.64. The van der Waals surface area contributed by atoms with E-state index in [1.165, 1.54) is 13.2 Å². The van der Waals surface area contributed by atoms with E-state index in [4.69, 9.17) is 0 Å². The van der Waals surface area contributed by atoms with Crippen molar-refractivity contribution in [2.45, 2.75) is 37.8 Å². The Hall–Kier alpha value is -0.860. The van der Waals surface area contributed by atoms with Gasteiger partial charge in [-0.3, -0.25) is 0 Å². The number of allylic oxidation sites excluding steroid dienone is 1. The summed E-state index contributed by atoms with van der Waals surface area (Å²) in [7, 11) is 1.22. The van der Waals surface area contributed by atoms with Crippen LogP contribution in [0, 0.1) is 0 Å². The second kappa shape index (κ2) is 4.40. The summed E-state index contributed by atoms with van der Waals surface area (Å²) >= 11 is 0. The number of carbonyl (C=O) groups is 1. The van der Waals surface area contributed by atoms with Gasteiger partial charge >= 0.3 is 5.97 Å². The smallest absolute Gasteiger partial charge is 0.347 e. The SMILES string of the molecule is COC(=O)C1(F)/C=C\CCCCC1. The Labute approximate surface area is 77.8 Å². The van der Waals surface area contributed by atoms with E-state index in [2.05, 4.69) is 4.74 Å². The molecule has 0 bridgehead atoms. The molecule has 0 saturated heterocycles. The Balaban J connectivity index is 2.72. The maximum atomic E-state index is 13.8. The van der Waals surface area contributed by atoms with Crippen LogP contribution in [0.25, 0.3) is 0 Å². The standard InChI is InChI=1S/C10H15FO2/c1-13-9(12)10(11)7-5-3-2-4-6-8-10/h5,7H,2-4,6,8H2,1H3/b7-5-. The van der Waals surface area contributed by atoms with Gasteiger partial charge in [-0.1, -0.05) is 12.5 Å². The van der Waals surface area contributed by atoms with Crippen LogP contribution in [0.4, 0.5) is 4.39 Å². The van der Waals surface area contributed by atoms with Crippen molar-refractivity contribution in [1.82, 2.24) is 0 Å². The molecule has 74 valence electrons. The summed E-state index contributed by atoms with van der Waals surface area (Å²) in [6.45, 7) is 0. The lowest BCUT2D eigenvalue weighted by Crippen LogP contribution is -2.33. The van der Waals surface area contributed by atoms with Crippen LogP contribution >= 0.6 is 0 Å². The van der Waals surface area contributed by atoms with Crippen molar-refractivity contribution < 1.29 is 13.9 Å². The second-order valence-electron chi connectivity index (χ2n) is 3.36. The van der Waals surface area contributed by atoms with E-state index < -0.39 is 11.6 Å². The summed E-state index contributed by atoms with van der Waals surface area (Å²) in [5.41, 5.74) is -1.88. The van der Waals surface area contributed by atoms with Gasteiger partial charge in [0.25, 0.3) is 0 Å². The van der Waals surface area contributed by atoms with E-state index in [-0.39, 0.29) is 6.42 Å². The fraction of sp³-hybridized carbons (Fsp3) is 0.700. The van der Waals surface area contributed by atoms with Crippen molar-refractivity contribution in [3.05, 3.63) is 12.2 Å². The highest BCUT2D eigenvalue weighted by Crippen LogP contribution is 2.26. The van der Waals surface area contributed by atoms with Crippen LogP contribution in [-0.2, 0) is 9.53 Å². The summed E-state index contributed by atoms with van der Waals surface area (Å²) in [4.78, 5) is 11.1. The van der Waals surface area contributed by atoms with Gasteiger partial charge in [0.15, 0.2) is 0 Å². The topological polar surface area (TPSA) is 26.3 Å². The maximum Gasteiger partial charge on any atom is 0.347 e. The highest BCUT2D eigenvalue weighted by molar-refractivity contribution is 5.81. The average Bonchev–Trinajstić information content (AvgIpc) is 2.10. The third-order valence-electron chi connectivity index (χ3n) is 2.32. The van der Waals surface area contributed by atoms with Crippen LogP contribution < -0.4 is 0 Å². The first-order valence-corrected chi connectivity index (χ1v) is 4.64. The van der Waals surface area contributed by atoms with Crippen molar-refractivity contribution in [2.24, 2.45) is 0 Å². The number of carbonyl (C=O) groups excluding carboxylic acids is 1. The van der Waals surface area contributed by atoms with Gasteiger partial charge in [0.05, 0.1) is 7.11 Å². The zero-order valence-electron chi connectivity index (χ0n) is 7.88. The van der Waals surface area contributed by atoms with Crippen molar-refractivity contribution in [1.29, 1.82) is 0 Å². The molecule has 0 aromatic carbocycles. The molecule has 2 nitrogen and oxygen atoms in total. The first-order chi connectivity index (χ1) is 6.19. The van der Waals surface area contributed by atoms with Gasteiger partial charge in [0.1, 0.15) is 0 Å². The van der Waals surface area contributed by atoms with Gasteiger partial charge in [-0.05, 0) is 31.8 Å². The molecule has 0 saturated carbocycles. The van der Waals surface area contributed by atoms with Gasteiger partial charge in [-0.15, -0.1) is 0 Å². The highest BCUT2D eigenvalue weighted by Gasteiger charge is 2.36. The normalized spacial score (nSPS) is 31.5. The number of hydrogen-bond donors (Lipinski definition) is 0. The number of ether oxygens (including phenoxy) is 1. The molecule has 0 heterocycles. The van der Waals surface area contributed by atoms with Crippen LogP contribution in [0.3, 0.4) is 0 Å². The minimum Gasteiger partial charge on any atom is -0.466 e. The number of alkyl halides is 1. The lowest BCUT2D eigenvalue weighted by molar-refractivity contribution is -0.151. The average molecular weight is 186 g/mol. The molecule has 0 aromatic rings. The third-order valence-corrected chi connectivity index (χ3v) is 2.32. The summed E-state index contributed by atoms with van der Waals surface area (Å²) in [5.74, 6) is -0.773. The van der Waals surface area contributed by atoms with Crippen LogP contribution in [0.15, 0.2) is 12.2 Å². The molecule has 0 amide bonds. The lowest BCUT2D eigenvalue weighted by Gasteiger charge is -2.20. The van der Waals surface area contributed by atoms with Crippen LogP contribution in [-0.4, -0.2) is 18.7 Å². The van der Waals surface area contributed by atoms with E-state index in [1.807, 2.05) is 0 Å². The number of hydrogen-bond acceptors (Lipinski definition) is 2. The number of halogens is 1. The van der Waals surface area contributed by atoms with Crippen molar-refractivity contribution in [3.8, 4) is 0 Å². The van der Waals surface area contributed by atoms with E-state index in [1.54, 1.807) is 6.08 Å². The molecule has 0 aromatic heterocycles. The molecular weight excluding hydrogens is 171 g/mol. The Kier molecular flexibility index (Phi) is 3.46. The van der Waals surface area contributed by atoms with Crippen LogP contribution in [0.5, 0.6) is 0 Å². The zero-order chi connectivity index (χ0) is 9.73. The fourth-order valence-electron chi connectivity index (χ4n) is 1.51. The first kappa shape index (κ1) is 10.2. The second-order valence-corrected chi connectivity index (χ2v) is 3.36. The third kappa shape index (κ3) is 2.54. The quantitative estimate of drug-likeness (QED) is 0.464. The molecule has 13 heavy (non-hydrogen) atoms. The summed E-state index contributed by atoms with van der Waals surface area (Å²) in [5, 5.41) is 0. The fourth-order valence-corrected chi connectivity index (χ4v) is 1.51. The van der Waals surface area contributed by atoms with E-state index >= 15 is 0 Å². The van der Waals surface area contributed by atoms with Crippen molar-refractivity contribution in [2.75, 3.05) is 7.11 Å². The summed E-state index contributed by atoms with van der Waals surface area (Å²) in [6.07, 6.45) is 6.98. The summed E-state index contributed by atoms with van der Waals surface area (Å²) < 4.78 is 18.3. The largest absolute Gasteiger partial charge is 0.466 e. The van der Waals surface area contributed by atoms with Crippen molar-refractivity contribution >= 4 is 5.97 Å². The molecule has 0 spiro atoms. The minimum atomic E-state index is -1.88. The van der Waals surface area contributed by atoms with Crippen LogP contribution in [0.2, 0.25) is 0 Å². The van der Waals surface area contributed by atoms with E-state index in [0.29, 0.717) is 0 Å². The van der Waals surface area contributed by atoms with Crippen LogP contribution in [0.1, 0.15) is 32.1 Å². The highest BCUT2D eigenvalue weighted by atomic mass is 19.1. The molecule has 1 aliphatic rings. The molecule has 0 radical (unpaired) electrons. The molecule has 0 aliphatic heterocycles. The molecule has 1 atom stereocenters. The minimum absolute atomic E-state index is 0.246. The Morgan fingerprint density at radius 2 is 2.23 bits per heavy atom. The number of methoxy groups -OCH3 is 1. The van der Waals surface area contributed by atoms with Gasteiger partial charge < -0.3 is 4.74 Å². The Morgan fingerprint density at radius 3 is 2.92 bits per heavy atom. The van der Waals surface area contributed by atoms with E-state index in [9.17, 15) is 9.18 Å². The number of rotatable bonds is 1. The molecule has 3 heteroatoms. The molecule has 0 N–H and O–H groups in total. The Bertz CT molecular complexity index is 213. The van der Waals surface area contributed by atoms with Crippen molar-refractivity contribution in [3.63, 3.8) is 0 Å². The van der Waals surface area contributed by atoms with E-state index in [0.717, 1.165) is 25.7 Å². The summed E-state index contributed by atoms with van der Waals surface area (Å²) in [6, 6.07) is 0. The lowest BCUT2D eigenvalue weighted by atomic mass is 9.94. The molecular formula is C10H15FO2. The van der Waals surface area contributed by atoms with Gasteiger partial charge in [-0.2, -0.15) is 0 Å². The molecule has 1 rings (SSSR count). The van der Waals surface area contributed by atoms with Gasteiger partial charge in [-0.25, -0.2) is 9.18 Å². The van der Waals surface area contributed by atoms with Gasteiger partial charge in [0.2, 0.25) is 5.67 Å². The predicted molar refractivity (Wildman–Crippen MR) is 48.1 cm³/mol. The monoisotopic (exact) mass is 186 g/mol. The zero-order valence-corrected chi connectivity index (χ0v) is 7.88. The predicted octanol–water partition coefficient (Wildman–Crippen LogP) is 2.39. The number of esters is 1. The molecule has 0 fully saturated rings. The Morgan fingerprint density at radius 1 is 1.46 bits per heavy atom.